The van der Waals surface area contributed by atoms with Crippen LogP contribution in [0.4, 0.5) is 14.5 Å². The Morgan fingerprint density at radius 3 is 2.31 bits per heavy atom. The summed E-state index contributed by atoms with van der Waals surface area (Å²) in [6.45, 7) is 3.42. The molecule has 3 aromatic rings. The Bertz CT molecular complexity index is 1620. The first kappa shape index (κ1) is 32.0. The summed E-state index contributed by atoms with van der Waals surface area (Å²) in [5.41, 5.74) is 0.563. The van der Waals surface area contributed by atoms with Crippen molar-refractivity contribution in [3.05, 3.63) is 81.4 Å². The number of aromatic nitrogens is 2. The predicted octanol–water partition coefficient (Wildman–Crippen LogP) is 3.17. The highest BCUT2D eigenvalue weighted by atomic mass is 35.5. The zero-order valence-corrected chi connectivity index (χ0v) is 25.7. The van der Waals surface area contributed by atoms with Crippen LogP contribution in [0, 0.1) is 17.6 Å². The van der Waals surface area contributed by atoms with Crippen LogP contribution in [-0.2, 0) is 11.2 Å². The summed E-state index contributed by atoms with van der Waals surface area (Å²) in [6.07, 6.45) is 2.89. The first-order valence-electron chi connectivity index (χ1n) is 14.7. The van der Waals surface area contributed by atoms with Crippen molar-refractivity contribution in [1.82, 2.24) is 30.0 Å². The number of hydrogen-bond donors (Lipinski definition) is 3. The normalized spacial score (nSPS) is 15.6. The van der Waals surface area contributed by atoms with Crippen LogP contribution in [0.1, 0.15) is 55.4 Å². The van der Waals surface area contributed by atoms with Gasteiger partial charge < -0.3 is 30.3 Å². The number of anilines is 1. The molecule has 3 N–H and O–H groups in total. The molecule has 2 aliphatic heterocycles. The van der Waals surface area contributed by atoms with Gasteiger partial charge in [-0.25, -0.2) is 13.8 Å². The molecule has 0 saturated carbocycles. The van der Waals surface area contributed by atoms with Crippen LogP contribution in [0.3, 0.4) is 0 Å². The summed E-state index contributed by atoms with van der Waals surface area (Å²) < 4.78 is 29.2. The third-order valence-electron chi connectivity index (χ3n) is 8.05. The second kappa shape index (κ2) is 13.7. The molecule has 0 spiro atoms. The van der Waals surface area contributed by atoms with E-state index in [1.807, 2.05) is 4.90 Å². The minimum atomic E-state index is -1.24. The smallest absolute Gasteiger partial charge is 0.291 e. The van der Waals surface area contributed by atoms with Gasteiger partial charge in [0.1, 0.15) is 0 Å². The second-order valence-electron chi connectivity index (χ2n) is 11.3. The first-order valence-corrected chi connectivity index (χ1v) is 15.0. The van der Waals surface area contributed by atoms with Crippen LogP contribution in [0.2, 0.25) is 5.02 Å². The van der Waals surface area contributed by atoms with Gasteiger partial charge in [-0.15, -0.1) is 0 Å². The number of benzene rings is 2. The SMILES string of the molecule is CN(C)C(=O)c1ccc(Cc2cnc(C(=O)Nc3ccc(C(=O)N4CCN(C(=O)C5CCNCC5)CC4)c(Cl)c3)[nH]2)c(F)c1F. The molecular weight excluding hydrogens is 608 g/mol. The highest BCUT2D eigenvalue weighted by Crippen LogP contribution is 2.25. The molecule has 0 bridgehead atoms. The molecule has 3 heterocycles. The van der Waals surface area contributed by atoms with E-state index < -0.39 is 23.4 Å². The average Bonchev–Trinajstić information content (AvgIpc) is 3.52. The third kappa shape index (κ3) is 7.15. The lowest BCUT2D eigenvalue weighted by molar-refractivity contribution is -0.137. The Morgan fingerprint density at radius 2 is 1.64 bits per heavy atom. The van der Waals surface area contributed by atoms with E-state index in [0.717, 1.165) is 30.8 Å². The molecule has 2 saturated heterocycles. The van der Waals surface area contributed by atoms with Crippen molar-refractivity contribution in [3.8, 4) is 0 Å². The van der Waals surface area contributed by atoms with Crippen LogP contribution in [0.25, 0.3) is 0 Å². The molecule has 5 rings (SSSR count). The van der Waals surface area contributed by atoms with E-state index in [9.17, 15) is 28.0 Å². The molecule has 4 amide bonds. The van der Waals surface area contributed by atoms with Gasteiger partial charge in [-0.1, -0.05) is 17.7 Å². The number of halogens is 3. The van der Waals surface area contributed by atoms with Crippen LogP contribution < -0.4 is 10.6 Å². The van der Waals surface area contributed by atoms with Crippen LogP contribution >= 0.6 is 11.6 Å². The zero-order chi connectivity index (χ0) is 32.2. The van der Waals surface area contributed by atoms with Gasteiger partial charge in [0, 0.05) is 70.2 Å². The van der Waals surface area contributed by atoms with E-state index in [1.54, 1.807) is 11.0 Å². The average molecular weight is 642 g/mol. The van der Waals surface area contributed by atoms with Crippen LogP contribution in [0.15, 0.2) is 36.5 Å². The lowest BCUT2D eigenvalue weighted by Gasteiger charge is -2.37. The van der Waals surface area contributed by atoms with Gasteiger partial charge in [-0.2, -0.15) is 0 Å². The third-order valence-corrected chi connectivity index (χ3v) is 8.36. The molecule has 0 aliphatic carbocycles. The Labute approximate surface area is 263 Å². The number of carbonyl (C=O) groups is 4. The summed E-state index contributed by atoms with van der Waals surface area (Å²) in [5.74, 6) is -3.81. The van der Waals surface area contributed by atoms with Gasteiger partial charge in [-0.3, -0.25) is 19.2 Å². The zero-order valence-electron chi connectivity index (χ0n) is 25.0. The lowest BCUT2D eigenvalue weighted by atomic mass is 9.96. The lowest BCUT2D eigenvalue weighted by Crippen LogP contribution is -2.52. The molecule has 2 aliphatic rings. The number of H-pyrrole nitrogens is 1. The van der Waals surface area contributed by atoms with E-state index >= 15 is 0 Å². The molecule has 238 valence electrons. The van der Waals surface area contributed by atoms with Crippen molar-refractivity contribution in [3.63, 3.8) is 0 Å². The van der Waals surface area contributed by atoms with Gasteiger partial charge >= 0.3 is 0 Å². The number of imidazole rings is 1. The summed E-state index contributed by atoms with van der Waals surface area (Å²) >= 11 is 6.44. The number of rotatable bonds is 7. The minimum absolute atomic E-state index is 0.0137. The quantitative estimate of drug-likeness (QED) is 0.363. The van der Waals surface area contributed by atoms with Crippen LogP contribution in [0.5, 0.6) is 0 Å². The number of piperidine rings is 1. The fourth-order valence-corrected chi connectivity index (χ4v) is 5.75. The molecule has 0 radical (unpaired) electrons. The molecule has 0 atom stereocenters. The van der Waals surface area contributed by atoms with E-state index in [1.165, 1.54) is 44.6 Å². The summed E-state index contributed by atoms with van der Waals surface area (Å²) in [7, 11) is 2.88. The second-order valence-corrected chi connectivity index (χ2v) is 11.7. The molecular formula is C31H34ClF2N7O4. The highest BCUT2D eigenvalue weighted by Gasteiger charge is 2.30. The van der Waals surface area contributed by atoms with Crippen molar-refractivity contribution in [2.75, 3.05) is 58.7 Å². The van der Waals surface area contributed by atoms with Crippen molar-refractivity contribution in [2.24, 2.45) is 5.92 Å². The number of piperazine rings is 1. The van der Waals surface area contributed by atoms with E-state index in [-0.39, 0.29) is 51.7 Å². The Kier molecular flexibility index (Phi) is 9.78. The topological polar surface area (TPSA) is 131 Å². The minimum Gasteiger partial charge on any atom is -0.345 e. The van der Waals surface area contributed by atoms with Crippen LogP contribution in [-0.4, -0.2) is 102 Å². The standard InChI is InChI=1S/C31H34ClF2N7O4/c1-39(2)30(44)23-5-3-19(25(33)26(23)34)15-21-17-36-27(37-21)28(42)38-20-4-6-22(24(32)16-20)31(45)41-13-11-40(12-14-41)29(43)18-7-9-35-10-8-18/h3-6,16-18,35H,7-15H2,1-2H3,(H,36,37)(H,38,42). The molecule has 2 aromatic carbocycles. The molecule has 1 aromatic heterocycles. The Hall–Kier alpha value is -4.36. The summed E-state index contributed by atoms with van der Waals surface area (Å²) in [6, 6.07) is 7.07. The Morgan fingerprint density at radius 1 is 0.978 bits per heavy atom. The maximum atomic E-state index is 14.7. The number of nitrogens with one attached hydrogen (secondary N) is 3. The molecule has 45 heavy (non-hydrogen) atoms. The fourth-order valence-electron chi connectivity index (χ4n) is 5.49. The highest BCUT2D eigenvalue weighted by molar-refractivity contribution is 6.34. The van der Waals surface area contributed by atoms with E-state index in [0.29, 0.717) is 37.6 Å². The summed E-state index contributed by atoms with van der Waals surface area (Å²) in [4.78, 5) is 62.4. The van der Waals surface area contributed by atoms with Gasteiger partial charge in [0.2, 0.25) is 5.91 Å². The van der Waals surface area contributed by atoms with Gasteiger partial charge in [0.05, 0.1) is 16.1 Å². The largest absolute Gasteiger partial charge is 0.345 e. The van der Waals surface area contributed by atoms with E-state index in [2.05, 4.69) is 20.6 Å². The maximum absolute atomic E-state index is 14.7. The predicted molar refractivity (Wildman–Crippen MR) is 163 cm³/mol. The molecule has 11 nitrogen and oxygen atoms in total. The summed E-state index contributed by atoms with van der Waals surface area (Å²) in [5, 5.41) is 6.07. The Balaban J connectivity index is 1.17. The van der Waals surface area contributed by atoms with Crippen molar-refractivity contribution >= 4 is 40.9 Å². The molecule has 2 fully saturated rings. The van der Waals surface area contributed by atoms with Gasteiger partial charge in [0.25, 0.3) is 17.7 Å². The maximum Gasteiger partial charge on any atom is 0.291 e. The van der Waals surface area contributed by atoms with Crippen molar-refractivity contribution < 1.29 is 28.0 Å². The number of nitrogens with zero attached hydrogens (tertiary/aromatic N) is 4. The molecule has 0 unspecified atom stereocenters. The van der Waals surface area contributed by atoms with Gasteiger partial charge in [0.15, 0.2) is 17.5 Å². The van der Waals surface area contributed by atoms with Gasteiger partial charge in [-0.05, 0) is 55.8 Å². The van der Waals surface area contributed by atoms with Crippen molar-refractivity contribution in [1.29, 1.82) is 0 Å². The van der Waals surface area contributed by atoms with E-state index in [4.69, 9.17) is 11.6 Å². The number of aromatic amines is 1. The number of carbonyl (C=O) groups excluding carboxylic acids is 4. The van der Waals surface area contributed by atoms with Crippen molar-refractivity contribution in [2.45, 2.75) is 19.3 Å². The monoisotopic (exact) mass is 641 g/mol. The number of hydrogen-bond acceptors (Lipinski definition) is 6. The first-order chi connectivity index (χ1) is 21.5. The fraction of sp³-hybridized carbons (Fsp3) is 0.387. The molecule has 14 heteroatoms. The number of amides is 4.